The van der Waals surface area contributed by atoms with E-state index in [9.17, 15) is 4.79 Å². The molecule has 3 nitrogen and oxygen atoms in total. The Morgan fingerprint density at radius 2 is 2.19 bits per heavy atom. The zero-order chi connectivity index (χ0) is 11.7. The molecule has 1 aromatic carbocycles. The summed E-state index contributed by atoms with van der Waals surface area (Å²) in [5.74, 6) is -0.312. The van der Waals surface area contributed by atoms with Crippen molar-refractivity contribution in [1.82, 2.24) is 4.90 Å². The minimum Gasteiger partial charge on any atom is -0.369 e. The van der Waals surface area contributed by atoms with Gasteiger partial charge in [-0.05, 0) is 29.7 Å². The summed E-state index contributed by atoms with van der Waals surface area (Å²) < 4.78 is 0. The van der Waals surface area contributed by atoms with E-state index in [0.29, 0.717) is 16.6 Å². The van der Waals surface area contributed by atoms with E-state index in [1.807, 2.05) is 11.0 Å². The molecule has 0 unspecified atom stereocenters. The van der Waals surface area contributed by atoms with Gasteiger partial charge in [0.1, 0.15) is 0 Å². The van der Waals surface area contributed by atoms with Crippen molar-refractivity contribution in [2.24, 2.45) is 5.73 Å². The van der Waals surface area contributed by atoms with Crippen LogP contribution >= 0.6 is 23.2 Å². The van der Waals surface area contributed by atoms with Crippen molar-refractivity contribution in [1.29, 1.82) is 0 Å². The summed E-state index contributed by atoms with van der Waals surface area (Å²) in [5.41, 5.74) is 7.39. The first kappa shape index (κ1) is 11.7. The largest absolute Gasteiger partial charge is 0.369 e. The van der Waals surface area contributed by atoms with Gasteiger partial charge in [0.15, 0.2) is 0 Å². The molecule has 86 valence electrons. The molecule has 0 bridgehead atoms. The van der Waals surface area contributed by atoms with E-state index in [1.54, 1.807) is 6.07 Å². The van der Waals surface area contributed by atoms with Gasteiger partial charge in [-0.1, -0.05) is 23.2 Å². The van der Waals surface area contributed by atoms with Crippen LogP contribution in [0.15, 0.2) is 12.1 Å². The topological polar surface area (TPSA) is 46.3 Å². The Balaban J connectivity index is 2.23. The van der Waals surface area contributed by atoms with E-state index < -0.39 is 0 Å². The Labute approximate surface area is 104 Å². The van der Waals surface area contributed by atoms with Gasteiger partial charge in [0.05, 0.1) is 6.54 Å². The van der Waals surface area contributed by atoms with Crippen molar-refractivity contribution >= 4 is 29.1 Å². The zero-order valence-corrected chi connectivity index (χ0v) is 10.2. The third kappa shape index (κ3) is 2.48. The van der Waals surface area contributed by atoms with Gasteiger partial charge in [0.25, 0.3) is 0 Å². The number of fused-ring (bicyclic) bond motifs is 1. The first-order chi connectivity index (χ1) is 7.56. The number of rotatable bonds is 2. The number of nitrogens with zero attached hydrogens (tertiary/aromatic N) is 1. The Morgan fingerprint density at radius 3 is 2.88 bits per heavy atom. The van der Waals surface area contributed by atoms with Gasteiger partial charge in [0.2, 0.25) is 5.91 Å². The third-order valence-electron chi connectivity index (χ3n) is 2.71. The Kier molecular flexibility index (Phi) is 3.38. The van der Waals surface area contributed by atoms with Crippen LogP contribution in [-0.2, 0) is 17.8 Å². The molecule has 1 aliphatic rings. The fourth-order valence-electron chi connectivity index (χ4n) is 1.99. The summed E-state index contributed by atoms with van der Waals surface area (Å²) in [6.45, 7) is 1.75. The predicted molar refractivity (Wildman–Crippen MR) is 64.6 cm³/mol. The third-order valence-corrected chi connectivity index (χ3v) is 3.27. The number of carbonyl (C=O) groups is 1. The molecule has 0 spiro atoms. The minimum absolute atomic E-state index is 0.276. The van der Waals surface area contributed by atoms with Crippen molar-refractivity contribution < 1.29 is 4.79 Å². The van der Waals surface area contributed by atoms with Crippen molar-refractivity contribution in [2.45, 2.75) is 13.0 Å². The molecule has 0 saturated carbocycles. The second kappa shape index (κ2) is 4.62. The average Bonchev–Trinajstić information content (AvgIpc) is 2.18. The maximum Gasteiger partial charge on any atom is 0.231 e. The highest BCUT2D eigenvalue weighted by Crippen LogP contribution is 2.29. The van der Waals surface area contributed by atoms with E-state index in [1.165, 1.54) is 5.56 Å². The molecule has 16 heavy (non-hydrogen) atoms. The van der Waals surface area contributed by atoms with E-state index in [2.05, 4.69) is 0 Å². The maximum atomic E-state index is 10.8. The van der Waals surface area contributed by atoms with Gasteiger partial charge >= 0.3 is 0 Å². The second-order valence-corrected chi connectivity index (χ2v) is 4.80. The Bertz CT molecular complexity index is 434. The smallest absolute Gasteiger partial charge is 0.231 e. The number of hydrogen-bond donors (Lipinski definition) is 1. The standard InChI is InChI=1S/C11H12Cl2N2O/c12-8-3-7-1-2-15(6-11(14)16)5-9(7)10(13)4-8/h3-4H,1-2,5-6H2,(H2,14,16). The molecule has 5 heteroatoms. The monoisotopic (exact) mass is 258 g/mol. The zero-order valence-electron chi connectivity index (χ0n) is 8.67. The van der Waals surface area contributed by atoms with Crippen LogP contribution in [0, 0.1) is 0 Å². The Morgan fingerprint density at radius 1 is 1.44 bits per heavy atom. The van der Waals surface area contributed by atoms with Crippen molar-refractivity contribution in [3.8, 4) is 0 Å². The summed E-state index contributed by atoms with van der Waals surface area (Å²) in [4.78, 5) is 12.8. The summed E-state index contributed by atoms with van der Waals surface area (Å²) >= 11 is 12.1. The SMILES string of the molecule is NC(=O)CN1CCc2cc(Cl)cc(Cl)c2C1. The molecular weight excluding hydrogens is 247 g/mol. The van der Waals surface area contributed by atoms with Gasteiger partial charge in [-0.3, -0.25) is 9.69 Å². The van der Waals surface area contributed by atoms with Crippen molar-refractivity contribution in [3.05, 3.63) is 33.3 Å². The highest BCUT2D eigenvalue weighted by atomic mass is 35.5. The molecule has 0 aromatic heterocycles. The van der Waals surface area contributed by atoms with Crippen LogP contribution in [0.3, 0.4) is 0 Å². The van der Waals surface area contributed by atoms with Crippen LogP contribution in [0.4, 0.5) is 0 Å². The van der Waals surface area contributed by atoms with Gasteiger partial charge in [-0.15, -0.1) is 0 Å². The average molecular weight is 259 g/mol. The van der Waals surface area contributed by atoms with E-state index >= 15 is 0 Å². The minimum atomic E-state index is -0.312. The fourth-order valence-corrected chi connectivity index (χ4v) is 2.59. The van der Waals surface area contributed by atoms with Crippen LogP contribution in [0.2, 0.25) is 10.0 Å². The normalized spacial score (nSPS) is 15.9. The quantitative estimate of drug-likeness (QED) is 0.880. The summed E-state index contributed by atoms with van der Waals surface area (Å²) in [5, 5.41) is 1.32. The number of carbonyl (C=O) groups excluding carboxylic acids is 1. The molecule has 0 aliphatic carbocycles. The fraction of sp³-hybridized carbons (Fsp3) is 0.364. The molecule has 0 fully saturated rings. The first-order valence-corrected chi connectivity index (χ1v) is 5.79. The summed E-state index contributed by atoms with van der Waals surface area (Å²) in [6.07, 6.45) is 0.850. The molecule has 0 atom stereocenters. The highest BCUT2D eigenvalue weighted by molar-refractivity contribution is 6.35. The van der Waals surface area contributed by atoms with Crippen LogP contribution in [0.5, 0.6) is 0 Å². The van der Waals surface area contributed by atoms with E-state index in [4.69, 9.17) is 28.9 Å². The lowest BCUT2D eigenvalue weighted by Crippen LogP contribution is -2.37. The molecule has 0 radical (unpaired) electrons. The lowest BCUT2D eigenvalue weighted by Gasteiger charge is -2.28. The molecule has 1 amide bonds. The number of halogens is 2. The molecule has 1 aromatic rings. The van der Waals surface area contributed by atoms with Gasteiger partial charge < -0.3 is 5.73 Å². The second-order valence-electron chi connectivity index (χ2n) is 3.95. The number of benzene rings is 1. The first-order valence-electron chi connectivity index (χ1n) is 5.03. The number of amides is 1. The summed E-state index contributed by atoms with van der Waals surface area (Å²) in [7, 11) is 0. The Hall–Kier alpha value is -0.770. The predicted octanol–water partition coefficient (Wildman–Crippen LogP) is 1.84. The van der Waals surface area contributed by atoms with Crippen LogP contribution in [0.25, 0.3) is 0 Å². The molecule has 2 N–H and O–H groups in total. The summed E-state index contributed by atoms with van der Waals surface area (Å²) in [6, 6.07) is 3.67. The van der Waals surface area contributed by atoms with Crippen LogP contribution in [0.1, 0.15) is 11.1 Å². The van der Waals surface area contributed by atoms with E-state index in [-0.39, 0.29) is 12.5 Å². The van der Waals surface area contributed by atoms with Crippen molar-refractivity contribution in [2.75, 3.05) is 13.1 Å². The van der Waals surface area contributed by atoms with Crippen LogP contribution in [-0.4, -0.2) is 23.9 Å². The molecule has 2 rings (SSSR count). The van der Waals surface area contributed by atoms with E-state index in [0.717, 1.165) is 18.5 Å². The highest BCUT2D eigenvalue weighted by Gasteiger charge is 2.20. The van der Waals surface area contributed by atoms with Gasteiger partial charge in [-0.2, -0.15) is 0 Å². The number of hydrogen-bond acceptors (Lipinski definition) is 2. The number of primary amides is 1. The van der Waals surface area contributed by atoms with Gasteiger partial charge in [0, 0.05) is 23.1 Å². The maximum absolute atomic E-state index is 10.8. The molecule has 1 aliphatic heterocycles. The lowest BCUT2D eigenvalue weighted by atomic mass is 10.00. The van der Waals surface area contributed by atoms with Crippen LogP contribution < -0.4 is 5.73 Å². The number of nitrogens with two attached hydrogens (primary N) is 1. The van der Waals surface area contributed by atoms with Crippen molar-refractivity contribution in [3.63, 3.8) is 0 Å². The lowest BCUT2D eigenvalue weighted by molar-refractivity contribution is -0.119. The molecule has 0 saturated heterocycles. The molecular formula is C11H12Cl2N2O. The molecule has 1 heterocycles. The van der Waals surface area contributed by atoms with Gasteiger partial charge in [-0.25, -0.2) is 0 Å².